The first-order valence-electron chi connectivity index (χ1n) is 5.39. The quantitative estimate of drug-likeness (QED) is 0.819. The number of nitrogens with two attached hydrogens (primary N) is 1. The second kappa shape index (κ2) is 4.66. The first kappa shape index (κ1) is 12.7. The van der Waals surface area contributed by atoms with Crippen molar-refractivity contribution in [1.29, 1.82) is 0 Å². The highest BCUT2D eigenvalue weighted by molar-refractivity contribution is 5.88. The van der Waals surface area contributed by atoms with E-state index in [9.17, 15) is 9.90 Å². The summed E-state index contributed by atoms with van der Waals surface area (Å²) in [6, 6.07) is 6.39. The summed E-state index contributed by atoms with van der Waals surface area (Å²) in [6.07, 6.45) is 0.378. The number of carbonyl (C=O) groups excluding carboxylic acids is 1. The Balaban J connectivity index is 2.76. The number of hydrogen-bond donors (Lipinski definition) is 2. The maximum absolute atomic E-state index is 11.9. The van der Waals surface area contributed by atoms with Gasteiger partial charge in [-0.1, -0.05) is 39.0 Å². The van der Waals surface area contributed by atoms with Gasteiger partial charge in [0.2, 0.25) is 0 Å². The highest BCUT2D eigenvalue weighted by atomic mass is 16.3. The van der Waals surface area contributed by atoms with E-state index in [4.69, 9.17) is 5.73 Å². The van der Waals surface area contributed by atoms with Crippen LogP contribution in [0.1, 0.15) is 26.3 Å². The second-order valence-corrected chi connectivity index (χ2v) is 5.05. The number of aromatic hydroxyl groups is 1. The maximum Gasteiger partial charge on any atom is 0.155 e. The number of para-hydroxylation sites is 1. The molecule has 0 saturated heterocycles. The van der Waals surface area contributed by atoms with E-state index in [2.05, 4.69) is 0 Å². The summed E-state index contributed by atoms with van der Waals surface area (Å²) in [4.78, 5) is 11.9. The Morgan fingerprint density at radius 1 is 1.38 bits per heavy atom. The van der Waals surface area contributed by atoms with Crippen LogP contribution in [0.25, 0.3) is 0 Å². The van der Waals surface area contributed by atoms with Crippen molar-refractivity contribution >= 4 is 5.78 Å². The van der Waals surface area contributed by atoms with Gasteiger partial charge in [0.25, 0.3) is 0 Å². The van der Waals surface area contributed by atoms with Crippen molar-refractivity contribution in [2.45, 2.75) is 33.2 Å². The van der Waals surface area contributed by atoms with Gasteiger partial charge in [-0.2, -0.15) is 0 Å². The third-order valence-corrected chi connectivity index (χ3v) is 2.51. The zero-order valence-corrected chi connectivity index (χ0v) is 10.0. The van der Waals surface area contributed by atoms with E-state index in [0.717, 1.165) is 0 Å². The topological polar surface area (TPSA) is 63.3 Å². The molecule has 3 nitrogen and oxygen atoms in total. The average molecular weight is 221 g/mol. The summed E-state index contributed by atoms with van der Waals surface area (Å²) in [5.41, 5.74) is 6.12. The fourth-order valence-corrected chi connectivity index (χ4v) is 1.57. The molecule has 3 heteroatoms. The van der Waals surface area contributed by atoms with Crippen LogP contribution in [0.2, 0.25) is 0 Å². The van der Waals surface area contributed by atoms with Gasteiger partial charge < -0.3 is 10.8 Å². The molecule has 0 aromatic heterocycles. The van der Waals surface area contributed by atoms with Crippen molar-refractivity contribution in [1.82, 2.24) is 0 Å². The number of Topliss-reactive ketones (excluding diaryl/α,β-unsaturated/α-hetero) is 1. The third kappa shape index (κ3) is 3.07. The molecule has 0 bridgehead atoms. The molecular formula is C13H19NO2. The third-order valence-electron chi connectivity index (χ3n) is 2.51. The minimum atomic E-state index is -0.562. The largest absolute Gasteiger partial charge is 0.508 e. The molecule has 1 atom stereocenters. The first-order valence-corrected chi connectivity index (χ1v) is 5.39. The van der Waals surface area contributed by atoms with Crippen LogP contribution in [0.4, 0.5) is 0 Å². The lowest BCUT2D eigenvalue weighted by atomic mass is 9.84. The van der Waals surface area contributed by atoms with Crippen LogP contribution in [0, 0.1) is 5.41 Å². The summed E-state index contributed by atoms with van der Waals surface area (Å²) in [5.74, 6) is 0.204. The molecule has 0 aliphatic carbocycles. The van der Waals surface area contributed by atoms with Gasteiger partial charge in [-0.05, 0) is 18.1 Å². The summed E-state index contributed by atoms with van der Waals surface area (Å²) >= 11 is 0. The van der Waals surface area contributed by atoms with Gasteiger partial charge in [0, 0.05) is 5.41 Å². The molecule has 0 radical (unpaired) electrons. The van der Waals surface area contributed by atoms with Crippen LogP contribution < -0.4 is 5.73 Å². The van der Waals surface area contributed by atoms with Crippen molar-refractivity contribution in [3.05, 3.63) is 29.8 Å². The van der Waals surface area contributed by atoms with Crippen LogP contribution >= 0.6 is 0 Å². The monoisotopic (exact) mass is 221 g/mol. The number of phenols is 1. The van der Waals surface area contributed by atoms with Crippen molar-refractivity contribution < 1.29 is 9.90 Å². The number of carbonyl (C=O) groups is 1. The Labute approximate surface area is 96.3 Å². The summed E-state index contributed by atoms with van der Waals surface area (Å²) in [6.45, 7) is 5.54. The highest BCUT2D eigenvalue weighted by Gasteiger charge is 2.27. The van der Waals surface area contributed by atoms with Crippen LogP contribution in [-0.4, -0.2) is 16.9 Å². The van der Waals surface area contributed by atoms with E-state index >= 15 is 0 Å². The maximum atomic E-state index is 11.9. The van der Waals surface area contributed by atoms with Gasteiger partial charge in [-0.25, -0.2) is 0 Å². The van der Waals surface area contributed by atoms with Crippen LogP contribution in [-0.2, 0) is 11.2 Å². The SMILES string of the molecule is CC(C)(C)C(=O)C(N)Cc1ccccc1O. The predicted molar refractivity (Wildman–Crippen MR) is 64.2 cm³/mol. The molecule has 1 aromatic rings. The van der Waals surface area contributed by atoms with Crippen LogP contribution in [0.15, 0.2) is 24.3 Å². The van der Waals surface area contributed by atoms with E-state index in [-0.39, 0.29) is 11.5 Å². The average Bonchev–Trinajstić information content (AvgIpc) is 2.19. The van der Waals surface area contributed by atoms with Crippen LogP contribution in [0.5, 0.6) is 5.75 Å². The zero-order chi connectivity index (χ0) is 12.3. The van der Waals surface area contributed by atoms with Gasteiger partial charge in [-0.15, -0.1) is 0 Å². The molecule has 1 aromatic carbocycles. The molecule has 0 fully saturated rings. The molecule has 0 amide bonds. The smallest absolute Gasteiger partial charge is 0.155 e. The van der Waals surface area contributed by atoms with E-state index < -0.39 is 11.5 Å². The molecule has 0 aliphatic heterocycles. The van der Waals surface area contributed by atoms with Gasteiger partial charge in [0.15, 0.2) is 5.78 Å². The molecule has 1 unspecified atom stereocenters. The molecule has 0 aliphatic rings. The molecule has 0 saturated carbocycles. The summed E-state index contributed by atoms with van der Waals surface area (Å²) < 4.78 is 0. The van der Waals surface area contributed by atoms with E-state index in [0.29, 0.717) is 12.0 Å². The van der Waals surface area contributed by atoms with E-state index in [1.54, 1.807) is 18.2 Å². The zero-order valence-electron chi connectivity index (χ0n) is 10.0. The molecule has 16 heavy (non-hydrogen) atoms. The normalized spacial score (nSPS) is 13.5. The molecule has 88 valence electrons. The fourth-order valence-electron chi connectivity index (χ4n) is 1.57. The molecular weight excluding hydrogens is 202 g/mol. The Kier molecular flexibility index (Phi) is 3.70. The Bertz CT molecular complexity index is 380. The Morgan fingerprint density at radius 3 is 2.44 bits per heavy atom. The minimum Gasteiger partial charge on any atom is -0.508 e. The van der Waals surface area contributed by atoms with E-state index in [1.165, 1.54) is 0 Å². The molecule has 3 N–H and O–H groups in total. The minimum absolute atomic E-state index is 0.00996. The van der Waals surface area contributed by atoms with Crippen molar-refractivity contribution in [3.8, 4) is 5.75 Å². The van der Waals surface area contributed by atoms with E-state index in [1.807, 2.05) is 26.8 Å². The fraction of sp³-hybridized carbons (Fsp3) is 0.462. The van der Waals surface area contributed by atoms with Crippen molar-refractivity contribution in [2.75, 3.05) is 0 Å². The van der Waals surface area contributed by atoms with Crippen molar-refractivity contribution in [3.63, 3.8) is 0 Å². The van der Waals surface area contributed by atoms with Gasteiger partial charge in [0.05, 0.1) is 6.04 Å². The molecule has 0 heterocycles. The number of rotatable bonds is 3. The van der Waals surface area contributed by atoms with Gasteiger partial charge >= 0.3 is 0 Å². The number of benzene rings is 1. The predicted octanol–water partition coefficient (Wildman–Crippen LogP) is 1.88. The summed E-state index contributed by atoms with van der Waals surface area (Å²) in [7, 11) is 0. The molecule has 0 spiro atoms. The first-order chi connectivity index (χ1) is 7.32. The highest BCUT2D eigenvalue weighted by Crippen LogP contribution is 2.21. The Morgan fingerprint density at radius 2 is 1.94 bits per heavy atom. The standard InChI is InChI=1S/C13H19NO2/c1-13(2,3)12(16)10(14)8-9-6-4-5-7-11(9)15/h4-7,10,15H,8,14H2,1-3H3. The number of hydrogen-bond acceptors (Lipinski definition) is 3. The van der Waals surface area contributed by atoms with Crippen molar-refractivity contribution in [2.24, 2.45) is 11.1 Å². The van der Waals surface area contributed by atoms with Gasteiger partial charge in [-0.3, -0.25) is 4.79 Å². The Hall–Kier alpha value is -1.35. The lowest BCUT2D eigenvalue weighted by Crippen LogP contribution is -2.40. The van der Waals surface area contributed by atoms with Crippen LogP contribution in [0.3, 0.4) is 0 Å². The second-order valence-electron chi connectivity index (χ2n) is 5.05. The van der Waals surface area contributed by atoms with Gasteiger partial charge in [0.1, 0.15) is 5.75 Å². The lowest BCUT2D eigenvalue weighted by Gasteiger charge is -2.21. The lowest BCUT2D eigenvalue weighted by molar-refractivity contribution is -0.127. The number of phenolic OH excluding ortho intramolecular Hbond substituents is 1. The molecule has 1 rings (SSSR count). The number of ketones is 1. The summed E-state index contributed by atoms with van der Waals surface area (Å²) in [5, 5.41) is 9.58.